The number of aliphatic hydroxyl groups excluding tert-OH is 1. The Morgan fingerprint density at radius 3 is 2.56 bits per heavy atom. The molecule has 0 radical (unpaired) electrons. The van der Waals surface area contributed by atoms with Gasteiger partial charge in [0.2, 0.25) is 0 Å². The van der Waals surface area contributed by atoms with Crippen LogP contribution in [-0.2, 0) is 0 Å². The molecule has 106 valence electrons. The topological polar surface area (TPSA) is 60.7 Å². The predicted molar refractivity (Wildman–Crippen MR) is 73.2 cm³/mol. The van der Waals surface area contributed by atoms with Crippen molar-refractivity contribution in [2.24, 2.45) is 11.8 Å². The third-order valence-electron chi connectivity index (χ3n) is 4.74. The van der Waals surface area contributed by atoms with Crippen LogP contribution >= 0.6 is 0 Å². The maximum atomic E-state index is 10.6. The minimum absolute atomic E-state index is 0.0800. The van der Waals surface area contributed by atoms with Crippen molar-refractivity contribution in [2.75, 3.05) is 6.61 Å². The Morgan fingerprint density at radius 2 is 2.11 bits per heavy atom. The van der Waals surface area contributed by atoms with E-state index in [4.69, 9.17) is 5.11 Å². The second kappa shape index (κ2) is 5.72. The van der Waals surface area contributed by atoms with Gasteiger partial charge in [-0.2, -0.15) is 0 Å². The summed E-state index contributed by atoms with van der Waals surface area (Å²) in [4.78, 5) is 0. The zero-order valence-electron chi connectivity index (χ0n) is 12.1. The lowest BCUT2D eigenvalue weighted by Gasteiger charge is -2.35. The van der Waals surface area contributed by atoms with Crippen molar-refractivity contribution in [3.05, 3.63) is 11.6 Å². The van der Waals surface area contributed by atoms with Gasteiger partial charge in [0.25, 0.3) is 0 Å². The van der Waals surface area contributed by atoms with E-state index in [1.807, 2.05) is 33.8 Å². The van der Waals surface area contributed by atoms with Crippen LogP contribution in [0, 0.1) is 11.8 Å². The fourth-order valence-corrected chi connectivity index (χ4v) is 3.07. The molecule has 3 N–H and O–H groups in total. The molecule has 1 saturated carbocycles. The van der Waals surface area contributed by atoms with E-state index in [0.717, 1.165) is 24.8 Å². The van der Waals surface area contributed by atoms with E-state index in [9.17, 15) is 10.2 Å². The van der Waals surface area contributed by atoms with Gasteiger partial charge in [0.05, 0.1) is 17.8 Å². The van der Waals surface area contributed by atoms with Crippen LogP contribution in [0.3, 0.4) is 0 Å². The van der Waals surface area contributed by atoms with E-state index < -0.39 is 11.2 Å². The second-order valence-corrected chi connectivity index (χ2v) is 6.40. The molecule has 0 unspecified atom stereocenters. The maximum absolute atomic E-state index is 10.6. The lowest BCUT2D eigenvalue weighted by atomic mass is 9.76. The van der Waals surface area contributed by atoms with Crippen LogP contribution in [0.5, 0.6) is 0 Å². The van der Waals surface area contributed by atoms with Crippen molar-refractivity contribution in [3.8, 4) is 0 Å². The van der Waals surface area contributed by atoms with Crippen molar-refractivity contribution in [3.63, 3.8) is 0 Å². The van der Waals surface area contributed by atoms with Crippen LogP contribution in [0.2, 0.25) is 0 Å². The van der Waals surface area contributed by atoms with Gasteiger partial charge in [-0.1, -0.05) is 18.6 Å². The Hall–Kier alpha value is -0.380. The molecule has 0 aromatic heterocycles. The quantitative estimate of drug-likeness (QED) is 0.661. The first-order valence-corrected chi connectivity index (χ1v) is 6.92. The molecule has 0 aromatic carbocycles. The normalized spacial score (nSPS) is 36.7. The molecule has 3 nitrogen and oxygen atoms in total. The molecule has 0 spiro atoms. The number of hydrogen-bond donors (Lipinski definition) is 3. The van der Waals surface area contributed by atoms with E-state index in [1.165, 1.54) is 0 Å². The third-order valence-corrected chi connectivity index (χ3v) is 4.74. The minimum atomic E-state index is -0.744. The first-order chi connectivity index (χ1) is 8.20. The monoisotopic (exact) mass is 256 g/mol. The summed E-state index contributed by atoms with van der Waals surface area (Å²) in [5, 5.41) is 29.7. The lowest BCUT2D eigenvalue weighted by Crippen LogP contribution is -2.40. The molecule has 3 heteroatoms. The molecule has 18 heavy (non-hydrogen) atoms. The summed E-state index contributed by atoms with van der Waals surface area (Å²) < 4.78 is 0. The van der Waals surface area contributed by atoms with E-state index >= 15 is 0 Å². The van der Waals surface area contributed by atoms with Crippen LogP contribution in [0.1, 0.15) is 53.4 Å². The molecule has 4 atom stereocenters. The van der Waals surface area contributed by atoms with Crippen molar-refractivity contribution in [1.82, 2.24) is 0 Å². The highest BCUT2D eigenvalue weighted by Crippen LogP contribution is 2.46. The predicted octanol–water partition coefficient (Wildman–Crippen LogP) is 2.25. The molecule has 0 aromatic rings. The average Bonchev–Trinajstić information content (AvgIpc) is 2.54. The Kier molecular flexibility index (Phi) is 4.98. The maximum Gasteiger partial charge on any atom is 0.0654 e. The fraction of sp³-hybridized carbons (Fsp3) is 0.867. The number of hydrogen-bond acceptors (Lipinski definition) is 3. The summed E-state index contributed by atoms with van der Waals surface area (Å²) >= 11 is 0. The standard InChI is InChI=1S/C15H28O3/c1-11(10-16)6-5-8-15(4,18)13-7-9-14(3,17)12(13)2/h6,12-13,16-18H,5,7-10H2,1-4H3/b11-6-/t12-,13+,14+,15+/m0/s1. The summed E-state index contributed by atoms with van der Waals surface area (Å²) in [6, 6.07) is 0. The van der Waals surface area contributed by atoms with E-state index in [0.29, 0.717) is 6.42 Å². The summed E-state index contributed by atoms with van der Waals surface area (Å²) in [5.74, 6) is 0.269. The third kappa shape index (κ3) is 3.56. The molecular formula is C15H28O3. The summed E-state index contributed by atoms with van der Waals surface area (Å²) in [6.07, 6.45) is 5.07. The van der Waals surface area contributed by atoms with Gasteiger partial charge < -0.3 is 15.3 Å². The van der Waals surface area contributed by atoms with E-state index in [-0.39, 0.29) is 18.4 Å². The first-order valence-electron chi connectivity index (χ1n) is 6.92. The molecule has 1 fully saturated rings. The molecule has 1 aliphatic rings. The van der Waals surface area contributed by atoms with Crippen molar-refractivity contribution < 1.29 is 15.3 Å². The largest absolute Gasteiger partial charge is 0.392 e. The van der Waals surface area contributed by atoms with Gasteiger partial charge >= 0.3 is 0 Å². The summed E-state index contributed by atoms with van der Waals surface area (Å²) in [6.45, 7) is 7.73. The van der Waals surface area contributed by atoms with Crippen LogP contribution in [-0.4, -0.2) is 33.1 Å². The van der Waals surface area contributed by atoms with E-state index in [2.05, 4.69) is 0 Å². The highest BCUT2D eigenvalue weighted by molar-refractivity contribution is 5.02. The van der Waals surface area contributed by atoms with Gasteiger partial charge in [-0.15, -0.1) is 0 Å². The second-order valence-electron chi connectivity index (χ2n) is 6.40. The smallest absolute Gasteiger partial charge is 0.0654 e. The van der Waals surface area contributed by atoms with Crippen molar-refractivity contribution >= 4 is 0 Å². The molecule has 1 rings (SSSR count). The fourth-order valence-electron chi connectivity index (χ4n) is 3.07. The van der Waals surface area contributed by atoms with Gasteiger partial charge in [0, 0.05) is 0 Å². The first kappa shape index (κ1) is 15.7. The highest BCUT2D eigenvalue weighted by atomic mass is 16.3. The van der Waals surface area contributed by atoms with Crippen LogP contribution < -0.4 is 0 Å². The summed E-state index contributed by atoms with van der Waals surface area (Å²) in [7, 11) is 0. The number of allylic oxidation sites excluding steroid dienone is 1. The molecule has 0 aliphatic heterocycles. The van der Waals surface area contributed by atoms with Crippen LogP contribution in [0.4, 0.5) is 0 Å². The minimum Gasteiger partial charge on any atom is -0.392 e. The molecule has 0 bridgehead atoms. The van der Waals surface area contributed by atoms with Crippen LogP contribution in [0.25, 0.3) is 0 Å². The molecule has 1 aliphatic carbocycles. The van der Waals surface area contributed by atoms with Gasteiger partial charge in [0.15, 0.2) is 0 Å². The SMILES string of the molecule is C/C(=C/CC[C@@](C)(O)[C@@H]1CC[C@@](C)(O)[C@H]1C)CO. The lowest BCUT2D eigenvalue weighted by molar-refractivity contribution is -0.0541. The Morgan fingerprint density at radius 1 is 1.50 bits per heavy atom. The zero-order valence-corrected chi connectivity index (χ0v) is 12.1. The number of aliphatic hydroxyl groups is 3. The Labute approximate surface area is 111 Å². The van der Waals surface area contributed by atoms with Crippen molar-refractivity contribution in [1.29, 1.82) is 0 Å². The van der Waals surface area contributed by atoms with Gasteiger partial charge in [0.1, 0.15) is 0 Å². The Bertz CT molecular complexity index is 305. The van der Waals surface area contributed by atoms with Gasteiger partial charge in [-0.3, -0.25) is 0 Å². The summed E-state index contributed by atoms with van der Waals surface area (Å²) in [5.41, 5.74) is -0.449. The number of rotatable bonds is 5. The van der Waals surface area contributed by atoms with Crippen LogP contribution in [0.15, 0.2) is 11.6 Å². The average molecular weight is 256 g/mol. The van der Waals surface area contributed by atoms with E-state index in [1.54, 1.807) is 0 Å². The van der Waals surface area contributed by atoms with Gasteiger partial charge in [-0.05, 0) is 58.3 Å². The molecule has 0 heterocycles. The van der Waals surface area contributed by atoms with Crippen molar-refractivity contribution in [2.45, 2.75) is 64.6 Å². The molecular weight excluding hydrogens is 228 g/mol. The highest BCUT2D eigenvalue weighted by Gasteiger charge is 2.47. The zero-order chi connectivity index (χ0) is 14.0. The molecule has 0 amide bonds. The Balaban J connectivity index is 2.59. The molecule has 0 saturated heterocycles. The van der Waals surface area contributed by atoms with Gasteiger partial charge in [-0.25, -0.2) is 0 Å².